The van der Waals surface area contributed by atoms with Crippen molar-refractivity contribution in [2.24, 2.45) is 16.6 Å². The third kappa shape index (κ3) is 7.54. The maximum Gasteiger partial charge on any atom is 0.573 e. The maximum absolute atomic E-state index is 12.4. The van der Waals surface area contributed by atoms with E-state index in [2.05, 4.69) is 28.9 Å². The third-order valence-corrected chi connectivity index (χ3v) is 3.20. The van der Waals surface area contributed by atoms with Gasteiger partial charge in [0.25, 0.3) is 0 Å². The number of ether oxygens (including phenoxy) is 2. The summed E-state index contributed by atoms with van der Waals surface area (Å²) in [5.41, 5.74) is 5.83. The number of halogens is 3. The first-order valence-corrected chi connectivity index (χ1v) is 7.76. The molecule has 0 aliphatic heterocycles. The van der Waals surface area contributed by atoms with Crippen molar-refractivity contribution in [3.8, 4) is 5.75 Å². The second kappa shape index (κ2) is 9.36. The van der Waals surface area contributed by atoms with E-state index in [0.717, 1.165) is 0 Å². The molecule has 1 aromatic carbocycles. The van der Waals surface area contributed by atoms with Gasteiger partial charge in [0.15, 0.2) is 11.7 Å². The maximum atomic E-state index is 12.4. The average molecular weight is 347 g/mol. The van der Waals surface area contributed by atoms with E-state index >= 15 is 0 Å². The number of alkyl halides is 3. The van der Waals surface area contributed by atoms with Crippen molar-refractivity contribution in [3.05, 3.63) is 24.3 Å². The number of para-hydroxylation sites is 2. The van der Waals surface area contributed by atoms with Crippen LogP contribution in [0.1, 0.15) is 27.2 Å². The molecule has 0 fully saturated rings. The molecule has 0 saturated carbocycles. The Morgan fingerprint density at radius 1 is 1.29 bits per heavy atom. The molecule has 0 radical (unpaired) electrons. The summed E-state index contributed by atoms with van der Waals surface area (Å²) < 4.78 is 46.7. The molecule has 0 aromatic heterocycles. The second-order valence-corrected chi connectivity index (χ2v) is 5.46. The molecule has 0 saturated heterocycles. The van der Waals surface area contributed by atoms with Crippen molar-refractivity contribution in [2.75, 3.05) is 18.5 Å². The molecule has 3 N–H and O–H groups in total. The highest BCUT2D eigenvalue weighted by Gasteiger charge is 2.32. The average Bonchev–Trinajstić information content (AvgIpc) is 2.46. The summed E-state index contributed by atoms with van der Waals surface area (Å²) in [5, 5.41) is 2.63. The smallest absolute Gasteiger partial charge is 0.404 e. The third-order valence-electron chi connectivity index (χ3n) is 3.20. The highest BCUT2D eigenvalue weighted by atomic mass is 19.4. The monoisotopic (exact) mass is 347 g/mol. The van der Waals surface area contributed by atoms with Crippen LogP contribution in [0.15, 0.2) is 29.3 Å². The van der Waals surface area contributed by atoms with Gasteiger partial charge in [-0.25, -0.2) is 0 Å². The Morgan fingerprint density at radius 3 is 2.54 bits per heavy atom. The van der Waals surface area contributed by atoms with E-state index < -0.39 is 6.36 Å². The minimum atomic E-state index is -4.77. The van der Waals surface area contributed by atoms with Gasteiger partial charge in [-0.15, -0.1) is 13.2 Å². The molecule has 1 atom stereocenters. The molecule has 0 amide bonds. The number of nitrogens with zero attached hydrogens (tertiary/aromatic N) is 1. The molecule has 5 nitrogen and oxygen atoms in total. The molecule has 1 unspecified atom stereocenters. The zero-order chi connectivity index (χ0) is 18.2. The summed E-state index contributed by atoms with van der Waals surface area (Å²) in [5.74, 6) is -0.00000222. The van der Waals surface area contributed by atoms with Crippen LogP contribution in [0.3, 0.4) is 0 Å². The van der Waals surface area contributed by atoms with E-state index in [4.69, 9.17) is 10.5 Å². The van der Waals surface area contributed by atoms with Gasteiger partial charge in [-0.05, 0) is 31.4 Å². The van der Waals surface area contributed by atoms with Crippen molar-refractivity contribution in [3.63, 3.8) is 0 Å². The Kier molecular flexibility index (Phi) is 7.84. The normalized spacial score (nSPS) is 13.9. The van der Waals surface area contributed by atoms with Gasteiger partial charge in [-0.2, -0.15) is 0 Å². The molecule has 8 heteroatoms. The largest absolute Gasteiger partial charge is 0.573 e. The van der Waals surface area contributed by atoms with E-state index in [0.29, 0.717) is 25.5 Å². The van der Waals surface area contributed by atoms with Crippen LogP contribution in [0, 0.1) is 5.92 Å². The van der Waals surface area contributed by atoms with Crippen LogP contribution in [0.25, 0.3) is 0 Å². The lowest BCUT2D eigenvalue weighted by Gasteiger charge is -2.20. The number of benzene rings is 1. The molecule has 136 valence electrons. The number of hydrogen-bond acceptors (Lipinski definition) is 3. The fourth-order valence-corrected chi connectivity index (χ4v) is 2.10. The summed E-state index contributed by atoms with van der Waals surface area (Å²) in [7, 11) is 0. The summed E-state index contributed by atoms with van der Waals surface area (Å²) >= 11 is 0. The first-order valence-electron chi connectivity index (χ1n) is 7.76. The molecule has 1 rings (SSSR count). The van der Waals surface area contributed by atoms with Crippen LogP contribution in [0.2, 0.25) is 0 Å². The van der Waals surface area contributed by atoms with Crippen molar-refractivity contribution in [1.82, 2.24) is 0 Å². The quantitative estimate of drug-likeness (QED) is 0.555. The lowest BCUT2D eigenvalue weighted by molar-refractivity contribution is -0.274. The summed E-state index contributed by atoms with van der Waals surface area (Å²) in [4.78, 5) is 4.13. The van der Waals surface area contributed by atoms with Crippen LogP contribution in [0.4, 0.5) is 18.9 Å². The van der Waals surface area contributed by atoms with Gasteiger partial charge in [-0.1, -0.05) is 26.0 Å². The molecule has 1 aromatic rings. The number of aliphatic imine (C=N–C) groups is 1. The van der Waals surface area contributed by atoms with Crippen LogP contribution in [-0.2, 0) is 4.74 Å². The van der Waals surface area contributed by atoms with Crippen molar-refractivity contribution in [1.29, 1.82) is 0 Å². The SMILES string of the molecule is CCOC(CCN=C(N)Nc1ccccc1OC(F)(F)F)C(C)C. The second-order valence-electron chi connectivity index (χ2n) is 5.46. The van der Waals surface area contributed by atoms with E-state index in [1.807, 2.05) is 6.92 Å². The molecular formula is C16H24F3N3O2. The first kappa shape index (κ1) is 20.1. The van der Waals surface area contributed by atoms with Gasteiger partial charge in [0.1, 0.15) is 0 Å². The van der Waals surface area contributed by atoms with Crippen LogP contribution < -0.4 is 15.8 Å². The zero-order valence-corrected chi connectivity index (χ0v) is 14.1. The lowest BCUT2D eigenvalue weighted by Crippen LogP contribution is -2.26. The highest BCUT2D eigenvalue weighted by molar-refractivity contribution is 5.93. The van der Waals surface area contributed by atoms with Gasteiger partial charge in [0.05, 0.1) is 11.8 Å². The summed E-state index contributed by atoms with van der Waals surface area (Å²) in [6.45, 7) is 7.05. The Hall–Kier alpha value is -1.96. The Labute approximate surface area is 140 Å². The topological polar surface area (TPSA) is 68.9 Å². The van der Waals surface area contributed by atoms with Gasteiger partial charge in [0.2, 0.25) is 0 Å². The van der Waals surface area contributed by atoms with Crippen LogP contribution in [-0.4, -0.2) is 31.6 Å². The van der Waals surface area contributed by atoms with E-state index in [-0.39, 0.29) is 23.5 Å². The molecule has 24 heavy (non-hydrogen) atoms. The highest BCUT2D eigenvalue weighted by Crippen LogP contribution is 2.29. The number of nitrogens with one attached hydrogen (secondary N) is 1. The number of nitrogens with two attached hydrogens (primary N) is 1. The van der Waals surface area contributed by atoms with Gasteiger partial charge < -0.3 is 20.5 Å². The number of hydrogen-bond donors (Lipinski definition) is 2. The minimum absolute atomic E-state index is 0.0206. The van der Waals surface area contributed by atoms with E-state index in [9.17, 15) is 13.2 Å². The fraction of sp³-hybridized carbons (Fsp3) is 0.562. The predicted octanol–water partition coefficient (Wildman–Crippen LogP) is 3.76. The standard InChI is InChI=1S/C16H24F3N3O2/c1-4-23-13(11(2)3)9-10-21-15(20)22-12-7-5-6-8-14(12)24-16(17,18)19/h5-8,11,13H,4,9-10H2,1-3H3,(H3,20,21,22). The molecule has 0 aliphatic rings. The molecule has 0 spiro atoms. The predicted molar refractivity (Wildman–Crippen MR) is 88.1 cm³/mol. The molecule has 0 aliphatic carbocycles. The summed E-state index contributed by atoms with van der Waals surface area (Å²) in [6.07, 6.45) is -4.03. The van der Waals surface area contributed by atoms with Crippen LogP contribution in [0.5, 0.6) is 5.75 Å². The molecular weight excluding hydrogens is 323 g/mol. The number of guanidine groups is 1. The Morgan fingerprint density at radius 2 is 1.96 bits per heavy atom. The van der Waals surface area contributed by atoms with Gasteiger partial charge in [-0.3, -0.25) is 4.99 Å². The number of anilines is 1. The van der Waals surface area contributed by atoms with Gasteiger partial charge >= 0.3 is 6.36 Å². The van der Waals surface area contributed by atoms with E-state index in [1.165, 1.54) is 18.2 Å². The van der Waals surface area contributed by atoms with Crippen LogP contribution >= 0.6 is 0 Å². The summed E-state index contributed by atoms with van der Waals surface area (Å²) in [6, 6.07) is 5.64. The van der Waals surface area contributed by atoms with Gasteiger partial charge in [0, 0.05) is 13.2 Å². The first-order chi connectivity index (χ1) is 11.2. The van der Waals surface area contributed by atoms with Crippen molar-refractivity contribution >= 4 is 11.6 Å². The van der Waals surface area contributed by atoms with E-state index in [1.54, 1.807) is 6.07 Å². The Balaban J connectivity index is 2.65. The van der Waals surface area contributed by atoms with Crippen molar-refractivity contribution in [2.45, 2.75) is 39.7 Å². The minimum Gasteiger partial charge on any atom is -0.404 e. The lowest BCUT2D eigenvalue weighted by atomic mass is 10.0. The zero-order valence-electron chi connectivity index (χ0n) is 14.1. The Bertz CT molecular complexity index is 534. The number of rotatable bonds is 8. The fourth-order valence-electron chi connectivity index (χ4n) is 2.10. The molecule has 0 bridgehead atoms. The molecule has 0 heterocycles. The van der Waals surface area contributed by atoms with Crippen molar-refractivity contribution < 1.29 is 22.6 Å².